The van der Waals surface area contributed by atoms with E-state index in [4.69, 9.17) is 46.4 Å². The van der Waals surface area contributed by atoms with Gasteiger partial charge in [-0.25, -0.2) is 0 Å². The number of aryl methyl sites for hydroxylation is 1. The number of allylic oxidation sites excluding steroid dienone is 5. The number of rotatable bonds is 6. The summed E-state index contributed by atoms with van der Waals surface area (Å²) in [6, 6.07) is 9.44. The monoisotopic (exact) mass is 706 g/mol. The lowest BCUT2D eigenvalue weighted by molar-refractivity contribution is 0.0994. The summed E-state index contributed by atoms with van der Waals surface area (Å²) in [4.78, 5) is 44.3. The topological polar surface area (TPSA) is 136 Å². The number of hydrogen-bond acceptors (Lipinski definition) is 6. The number of carbonyl (C=O) groups is 1. The molecule has 0 fully saturated rings. The van der Waals surface area contributed by atoms with Crippen LogP contribution in [0.4, 0.5) is 5.69 Å². The van der Waals surface area contributed by atoms with E-state index in [1.165, 1.54) is 10.7 Å². The fraction of sp³-hybridized carbons (Fsp3) is 0.0606. The maximum Gasteiger partial charge on any atom is 0.282 e. The maximum absolute atomic E-state index is 13.2. The van der Waals surface area contributed by atoms with E-state index in [-0.39, 0.29) is 27.6 Å². The van der Waals surface area contributed by atoms with Crippen molar-refractivity contribution < 1.29 is 9.90 Å². The predicted octanol–water partition coefficient (Wildman–Crippen LogP) is 6.14. The molecule has 47 heavy (non-hydrogen) atoms. The van der Waals surface area contributed by atoms with Crippen LogP contribution in [0, 0.1) is 13.8 Å². The average molecular weight is 708 g/mol. The van der Waals surface area contributed by atoms with E-state index in [2.05, 4.69) is 20.2 Å². The molecule has 0 aliphatic carbocycles. The molecule has 0 atom stereocenters. The van der Waals surface area contributed by atoms with Crippen molar-refractivity contribution in [1.82, 2.24) is 19.7 Å². The molecule has 0 saturated carbocycles. The molecule has 6 rings (SSSR count). The van der Waals surface area contributed by atoms with Crippen LogP contribution in [-0.2, 0) is 0 Å². The molecule has 0 radical (unpaired) electrons. The fourth-order valence-corrected chi connectivity index (χ4v) is 5.88. The smallest absolute Gasteiger partial charge is 0.282 e. The largest absolute Gasteiger partial charge is 0.493 e. The van der Waals surface area contributed by atoms with Crippen molar-refractivity contribution in [2.24, 2.45) is 5.10 Å². The third-order valence-corrected chi connectivity index (χ3v) is 8.57. The van der Waals surface area contributed by atoms with Gasteiger partial charge in [0.2, 0.25) is 5.88 Å². The number of pyridine rings is 2. The average Bonchev–Trinajstić information content (AvgIpc) is 3.53. The number of hydrogen-bond donors (Lipinski definition) is 3. The predicted molar refractivity (Wildman–Crippen MR) is 186 cm³/mol. The van der Waals surface area contributed by atoms with Crippen molar-refractivity contribution in [2.75, 3.05) is 5.01 Å². The second-order valence-electron chi connectivity index (χ2n) is 10.4. The second-order valence-corrected chi connectivity index (χ2v) is 12.1. The first-order chi connectivity index (χ1) is 22.5. The minimum absolute atomic E-state index is 0.136. The molecule has 10 nitrogen and oxygen atoms in total. The Labute approximate surface area is 285 Å². The van der Waals surface area contributed by atoms with Gasteiger partial charge in [-0.2, -0.15) is 9.69 Å². The molecule has 1 aliphatic rings. The number of benzene rings is 2. The lowest BCUT2D eigenvalue weighted by Crippen LogP contribution is -2.38. The molecule has 4 heterocycles. The molecular weight excluding hydrogens is 686 g/mol. The van der Waals surface area contributed by atoms with Crippen LogP contribution in [-0.4, -0.2) is 30.8 Å². The van der Waals surface area contributed by atoms with E-state index in [9.17, 15) is 19.5 Å². The molecular formula is C33H22Cl4N6O4. The number of halogens is 4. The van der Waals surface area contributed by atoms with Crippen LogP contribution in [0.3, 0.4) is 0 Å². The lowest BCUT2D eigenvalue weighted by Gasteiger charge is -2.14. The third kappa shape index (κ3) is 5.92. The van der Waals surface area contributed by atoms with E-state index < -0.39 is 17.0 Å². The van der Waals surface area contributed by atoms with E-state index in [1.54, 1.807) is 86.7 Å². The number of fused-ring (bicyclic) bond motifs is 2. The maximum atomic E-state index is 13.2. The van der Waals surface area contributed by atoms with Gasteiger partial charge in [-0.15, -0.1) is 10.2 Å². The Morgan fingerprint density at radius 1 is 0.787 bits per heavy atom. The van der Waals surface area contributed by atoms with Gasteiger partial charge in [-0.3, -0.25) is 14.4 Å². The minimum atomic E-state index is -0.445. The van der Waals surface area contributed by atoms with Crippen molar-refractivity contribution >= 4 is 81.2 Å². The molecule has 0 bridgehead atoms. The van der Waals surface area contributed by atoms with Crippen molar-refractivity contribution in [1.29, 1.82) is 0 Å². The standard InChI is InChI=1S/C33H22Cl4N6O4/c1-16-20(30(44)38-28-26(16)32(46)42(40-28)24-14-18(34)10-12-22(24)36)8-6-4-3-5-7-9-21-17(2)27-29(39-31(21)45)41-43(33(27)47)25-15-19(35)11-13-23(25)37/h3-15,46H,1-2H3,(H,38,40,44)(H,39,41,45)/b4-3+,7-5+,8-6+,21-9+. The van der Waals surface area contributed by atoms with Gasteiger partial charge in [-0.05, 0) is 73.5 Å². The molecule has 1 amide bonds. The van der Waals surface area contributed by atoms with Gasteiger partial charge < -0.3 is 15.1 Å². The highest BCUT2D eigenvalue weighted by molar-refractivity contribution is 6.36. The van der Waals surface area contributed by atoms with E-state index in [1.807, 2.05) is 0 Å². The van der Waals surface area contributed by atoms with E-state index in [0.717, 1.165) is 5.01 Å². The molecule has 2 aromatic carbocycles. The Hall–Kier alpha value is -4.87. The number of carbonyl (C=O) groups excluding carboxylic acids is 1. The third-order valence-electron chi connectivity index (χ3n) is 7.46. The van der Waals surface area contributed by atoms with Gasteiger partial charge in [0.1, 0.15) is 0 Å². The van der Waals surface area contributed by atoms with Crippen LogP contribution < -0.4 is 26.8 Å². The van der Waals surface area contributed by atoms with Crippen LogP contribution in [0.5, 0.6) is 5.88 Å². The first kappa shape index (κ1) is 32.1. The SMILES string of the molecule is Cc1c2c([nH]c(=O)/c1=C/C=C/C=C/C=C/c1c(C)c3c(O)n(-c4cc(Cl)ccc4Cl)nc3[nH]c1=O)=NN(c1cc(Cl)ccc1Cl)C2=O. The van der Waals surface area contributed by atoms with Crippen molar-refractivity contribution in [3.8, 4) is 11.6 Å². The van der Waals surface area contributed by atoms with Crippen LogP contribution >= 0.6 is 46.4 Å². The normalized spacial score (nSPS) is 13.6. The molecule has 3 N–H and O–H groups in total. The zero-order valence-electron chi connectivity index (χ0n) is 24.5. The summed E-state index contributed by atoms with van der Waals surface area (Å²) in [6.45, 7) is 3.38. The Bertz CT molecular complexity index is 2480. The summed E-state index contributed by atoms with van der Waals surface area (Å²) in [7, 11) is 0. The van der Waals surface area contributed by atoms with Gasteiger partial charge in [0.25, 0.3) is 17.0 Å². The minimum Gasteiger partial charge on any atom is -0.493 e. The van der Waals surface area contributed by atoms with E-state index >= 15 is 0 Å². The van der Waals surface area contributed by atoms with Crippen LogP contribution in [0.25, 0.3) is 28.9 Å². The number of amides is 1. The van der Waals surface area contributed by atoms with Crippen molar-refractivity contribution in [3.05, 3.63) is 141 Å². The van der Waals surface area contributed by atoms with Crippen LogP contribution in [0.2, 0.25) is 20.1 Å². The number of anilines is 1. The lowest BCUT2D eigenvalue weighted by atomic mass is 10.1. The fourth-order valence-electron chi connectivity index (χ4n) is 5.15. The number of H-pyrrole nitrogens is 2. The Morgan fingerprint density at radius 2 is 1.43 bits per heavy atom. The quantitative estimate of drug-likeness (QED) is 0.182. The van der Waals surface area contributed by atoms with Crippen molar-refractivity contribution in [3.63, 3.8) is 0 Å². The number of nitrogens with one attached hydrogen (secondary N) is 2. The molecule has 0 spiro atoms. The molecule has 0 unspecified atom stereocenters. The Balaban J connectivity index is 1.23. The highest BCUT2D eigenvalue weighted by Gasteiger charge is 2.30. The highest BCUT2D eigenvalue weighted by atomic mass is 35.5. The summed E-state index contributed by atoms with van der Waals surface area (Å²) in [5.41, 5.74) is 1.74. The number of nitrogens with zero attached hydrogens (tertiary/aromatic N) is 4. The first-order valence-corrected chi connectivity index (χ1v) is 15.4. The zero-order valence-corrected chi connectivity index (χ0v) is 27.5. The van der Waals surface area contributed by atoms with Gasteiger partial charge >= 0.3 is 0 Å². The number of aromatic hydroxyl groups is 1. The Kier molecular flexibility index (Phi) is 8.69. The summed E-state index contributed by atoms with van der Waals surface area (Å²) < 4.78 is 1.22. The summed E-state index contributed by atoms with van der Waals surface area (Å²) in [6.07, 6.45) is 11.6. The summed E-state index contributed by atoms with van der Waals surface area (Å²) in [5, 5.41) is 22.7. The van der Waals surface area contributed by atoms with Crippen LogP contribution in [0.15, 0.2) is 81.5 Å². The summed E-state index contributed by atoms with van der Waals surface area (Å²) in [5.74, 6) is -0.645. The van der Waals surface area contributed by atoms with Gasteiger partial charge in [0.15, 0.2) is 11.1 Å². The molecule has 5 aromatic rings. The molecule has 0 saturated heterocycles. The number of aromatic nitrogens is 4. The van der Waals surface area contributed by atoms with Gasteiger partial charge in [0, 0.05) is 20.8 Å². The molecule has 14 heteroatoms. The molecule has 1 aliphatic heterocycles. The number of aromatic amines is 2. The summed E-state index contributed by atoms with van der Waals surface area (Å²) >= 11 is 24.8. The van der Waals surface area contributed by atoms with Gasteiger partial charge in [0.05, 0.1) is 32.4 Å². The van der Waals surface area contributed by atoms with Gasteiger partial charge in [-0.1, -0.05) is 76.8 Å². The first-order valence-electron chi connectivity index (χ1n) is 13.9. The molecule has 236 valence electrons. The highest BCUT2D eigenvalue weighted by Crippen LogP contribution is 2.34. The van der Waals surface area contributed by atoms with Crippen LogP contribution in [0.1, 0.15) is 27.0 Å². The second kappa shape index (κ2) is 12.7. The molecule has 3 aromatic heterocycles. The van der Waals surface area contributed by atoms with Crippen molar-refractivity contribution in [2.45, 2.75) is 13.8 Å². The Morgan fingerprint density at radius 3 is 2.15 bits per heavy atom. The zero-order chi connectivity index (χ0) is 33.6. The van der Waals surface area contributed by atoms with E-state index in [0.29, 0.717) is 53.7 Å².